The van der Waals surface area contributed by atoms with Crippen LogP contribution in [-0.2, 0) is 29.1 Å². The topological polar surface area (TPSA) is 155 Å². The lowest BCUT2D eigenvalue weighted by Gasteiger charge is -2.37. The Labute approximate surface area is 225 Å². The van der Waals surface area contributed by atoms with Gasteiger partial charge in [0.1, 0.15) is 24.2 Å². The van der Waals surface area contributed by atoms with E-state index in [9.17, 15) is 24.8 Å². The standard InChI is InChI=1S/C20H33Cl2N8O6P/c1-15(2)18(36-37(35,25(3)12-8-21)26(4)13-9-22)17-16(24-20(27(17)5)30(33)34)7-6-11-28-14-10-23-19(28)29(31)32/h10,14-15,18H,6-9,11-13H2,1-5H3. The Morgan fingerprint density at radius 3 is 2.16 bits per heavy atom. The van der Waals surface area contributed by atoms with Gasteiger partial charge in [-0.15, -0.1) is 23.2 Å². The van der Waals surface area contributed by atoms with E-state index in [2.05, 4.69) is 9.97 Å². The number of alkyl halides is 2. The summed E-state index contributed by atoms with van der Waals surface area (Å²) in [6.07, 6.45) is 2.65. The maximum Gasteiger partial charge on any atom is 0.434 e. The summed E-state index contributed by atoms with van der Waals surface area (Å²) < 4.78 is 26.3. The molecule has 2 rings (SSSR count). The Bertz CT molecular complexity index is 1110. The molecule has 0 N–H and O–H groups in total. The van der Waals surface area contributed by atoms with Crippen LogP contribution in [0, 0.1) is 26.1 Å². The Balaban J connectivity index is 2.47. The van der Waals surface area contributed by atoms with E-state index in [0.29, 0.717) is 17.8 Å². The van der Waals surface area contributed by atoms with Gasteiger partial charge in [-0.25, -0.2) is 18.5 Å². The van der Waals surface area contributed by atoms with Gasteiger partial charge in [-0.2, -0.15) is 0 Å². The molecule has 1 unspecified atom stereocenters. The average Bonchev–Trinajstić information content (AvgIpc) is 3.42. The van der Waals surface area contributed by atoms with E-state index in [1.54, 1.807) is 14.1 Å². The van der Waals surface area contributed by atoms with E-state index in [1.807, 2.05) is 13.8 Å². The van der Waals surface area contributed by atoms with Gasteiger partial charge in [0.05, 0.1) is 13.6 Å². The van der Waals surface area contributed by atoms with Crippen LogP contribution in [0.5, 0.6) is 0 Å². The van der Waals surface area contributed by atoms with Crippen LogP contribution in [0.2, 0.25) is 0 Å². The Hall–Kier alpha value is -2.09. The van der Waals surface area contributed by atoms with Gasteiger partial charge in [0, 0.05) is 31.3 Å². The summed E-state index contributed by atoms with van der Waals surface area (Å²) in [5.41, 5.74) is 0.808. The minimum atomic E-state index is -3.65. The molecule has 37 heavy (non-hydrogen) atoms. The second-order valence-electron chi connectivity index (χ2n) is 8.74. The first kappa shape index (κ1) is 31.1. The molecular weight excluding hydrogens is 550 g/mol. The van der Waals surface area contributed by atoms with E-state index in [-0.39, 0.29) is 55.6 Å². The van der Waals surface area contributed by atoms with Gasteiger partial charge in [0.25, 0.3) is 0 Å². The molecule has 0 aliphatic carbocycles. The Morgan fingerprint density at radius 1 is 1.11 bits per heavy atom. The molecule has 14 nitrogen and oxygen atoms in total. The van der Waals surface area contributed by atoms with E-state index in [1.165, 1.54) is 37.9 Å². The fraction of sp³-hybridized carbons (Fsp3) is 0.700. The van der Waals surface area contributed by atoms with Crippen LogP contribution < -0.4 is 0 Å². The molecule has 2 aromatic heterocycles. The summed E-state index contributed by atoms with van der Waals surface area (Å²) in [6.45, 7) is 4.52. The maximum absolute atomic E-state index is 14.2. The van der Waals surface area contributed by atoms with Crippen molar-refractivity contribution >= 4 is 42.8 Å². The molecule has 1 atom stereocenters. The van der Waals surface area contributed by atoms with Gasteiger partial charge in [-0.3, -0.25) is 9.09 Å². The third-order valence-corrected chi connectivity index (χ3v) is 8.80. The van der Waals surface area contributed by atoms with Crippen molar-refractivity contribution in [1.29, 1.82) is 0 Å². The van der Waals surface area contributed by atoms with Crippen molar-refractivity contribution in [2.24, 2.45) is 13.0 Å². The van der Waals surface area contributed by atoms with E-state index in [4.69, 9.17) is 27.7 Å². The third-order valence-electron chi connectivity index (χ3n) is 5.83. The lowest BCUT2D eigenvalue weighted by Crippen LogP contribution is -2.32. The average molecular weight is 583 g/mol. The quantitative estimate of drug-likeness (QED) is 0.121. The summed E-state index contributed by atoms with van der Waals surface area (Å²) in [5, 5.41) is 22.9. The van der Waals surface area contributed by atoms with Crippen LogP contribution in [-0.4, -0.2) is 77.2 Å². The molecular formula is C20H33Cl2N8O6P. The largest absolute Gasteiger partial charge is 0.434 e. The molecule has 0 radical (unpaired) electrons. The number of aryl methyl sites for hydroxylation is 2. The minimum Gasteiger partial charge on any atom is -0.390 e. The first-order chi connectivity index (χ1) is 17.4. The first-order valence-corrected chi connectivity index (χ1v) is 14.2. The highest BCUT2D eigenvalue weighted by Gasteiger charge is 2.42. The number of halogens is 2. The van der Waals surface area contributed by atoms with Gasteiger partial charge in [-0.05, 0) is 36.3 Å². The molecule has 0 saturated carbocycles. The van der Waals surface area contributed by atoms with Crippen molar-refractivity contribution in [2.45, 2.75) is 39.3 Å². The lowest BCUT2D eigenvalue weighted by atomic mass is 10.0. The molecule has 208 valence electrons. The Morgan fingerprint density at radius 2 is 1.68 bits per heavy atom. The summed E-state index contributed by atoms with van der Waals surface area (Å²) >= 11 is 11.8. The van der Waals surface area contributed by atoms with Gasteiger partial charge < -0.3 is 20.2 Å². The fourth-order valence-corrected chi connectivity index (χ4v) is 6.81. The number of aromatic nitrogens is 4. The van der Waals surface area contributed by atoms with Crippen LogP contribution in [0.15, 0.2) is 12.4 Å². The molecule has 0 fully saturated rings. The van der Waals surface area contributed by atoms with Crippen molar-refractivity contribution in [3.8, 4) is 0 Å². The van der Waals surface area contributed by atoms with Crippen molar-refractivity contribution in [3.63, 3.8) is 0 Å². The van der Waals surface area contributed by atoms with Gasteiger partial charge >= 0.3 is 19.6 Å². The molecule has 2 heterocycles. The molecule has 0 aromatic carbocycles. The fourth-order valence-electron chi connectivity index (χ4n) is 3.88. The summed E-state index contributed by atoms with van der Waals surface area (Å²) in [6, 6.07) is 0. The number of rotatable bonds is 16. The highest BCUT2D eigenvalue weighted by molar-refractivity contribution is 7.53. The van der Waals surface area contributed by atoms with Gasteiger partial charge in [-0.1, -0.05) is 23.8 Å². The van der Waals surface area contributed by atoms with Crippen molar-refractivity contribution in [2.75, 3.05) is 38.9 Å². The molecule has 0 aliphatic rings. The smallest absolute Gasteiger partial charge is 0.390 e. The first-order valence-electron chi connectivity index (χ1n) is 11.6. The zero-order valence-corrected chi connectivity index (χ0v) is 23.9. The zero-order chi connectivity index (χ0) is 27.9. The Kier molecular flexibility index (Phi) is 11.5. The summed E-state index contributed by atoms with van der Waals surface area (Å²) in [4.78, 5) is 29.7. The molecule has 0 amide bonds. The lowest BCUT2D eigenvalue weighted by molar-refractivity contribution is -0.396. The van der Waals surface area contributed by atoms with E-state index in [0.717, 1.165) is 0 Å². The number of hydrogen-bond donors (Lipinski definition) is 0. The monoisotopic (exact) mass is 582 g/mol. The number of nitrogens with zero attached hydrogens (tertiary/aromatic N) is 8. The minimum absolute atomic E-state index is 0.216. The van der Waals surface area contributed by atoms with Gasteiger partial charge in [0.2, 0.25) is 0 Å². The molecule has 0 spiro atoms. The predicted octanol–water partition coefficient (Wildman–Crippen LogP) is 4.23. The third kappa shape index (κ3) is 7.27. The number of hydrogen-bond acceptors (Lipinski definition) is 8. The van der Waals surface area contributed by atoms with Crippen molar-refractivity contribution < 1.29 is 18.9 Å². The van der Waals surface area contributed by atoms with Crippen LogP contribution >= 0.6 is 30.9 Å². The van der Waals surface area contributed by atoms with E-state index >= 15 is 0 Å². The van der Waals surface area contributed by atoms with Crippen LogP contribution in [0.4, 0.5) is 11.9 Å². The molecule has 2 aromatic rings. The van der Waals surface area contributed by atoms with Crippen molar-refractivity contribution in [3.05, 3.63) is 44.0 Å². The highest BCUT2D eigenvalue weighted by atomic mass is 35.5. The van der Waals surface area contributed by atoms with Crippen molar-refractivity contribution in [1.82, 2.24) is 28.4 Å². The molecule has 0 bridgehead atoms. The summed E-state index contributed by atoms with van der Waals surface area (Å²) in [5.74, 6) is -0.487. The second kappa shape index (κ2) is 13.6. The van der Waals surface area contributed by atoms with Crippen LogP contribution in [0.1, 0.15) is 37.8 Å². The summed E-state index contributed by atoms with van der Waals surface area (Å²) in [7, 11) is 1.14. The van der Waals surface area contributed by atoms with Gasteiger partial charge in [0.15, 0.2) is 5.69 Å². The zero-order valence-electron chi connectivity index (χ0n) is 21.5. The highest BCUT2D eigenvalue weighted by Crippen LogP contribution is 2.57. The maximum atomic E-state index is 14.2. The van der Waals surface area contributed by atoms with Crippen LogP contribution in [0.25, 0.3) is 0 Å². The predicted molar refractivity (Wildman–Crippen MR) is 140 cm³/mol. The van der Waals surface area contributed by atoms with Crippen LogP contribution in [0.3, 0.4) is 0 Å². The molecule has 0 aliphatic heterocycles. The normalized spacial score (nSPS) is 13.1. The van der Waals surface area contributed by atoms with E-state index < -0.39 is 23.6 Å². The SMILES string of the molecule is CC(C)C(OP(=O)(N(C)CCCl)N(C)CCCl)c1c(CCCn2ccnc2[N+](=O)[O-])nc([N+](=O)[O-])n1C. The number of nitro groups is 2. The number of imidazole rings is 2. The second-order valence-corrected chi connectivity index (χ2v) is 12.1. The molecule has 0 saturated heterocycles. The molecule has 17 heteroatoms.